The number of amides is 2. The fraction of sp³-hybridized carbons (Fsp3) is 0.444. The van der Waals surface area contributed by atoms with Gasteiger partial charge in [0.1, 0.15) is 5.82 Å². The smallest absolute Gasteiger partial charge is 0.319 e. The van der Waals surface area contributed by atoms with Crippen molar-refractivity contribution in [3.8, 4) is 0 Å². The summed E-state index contributed by atoms with van der Waals surface area (Å²) in [5.74, 6) is 0.643. The van der Waals surface area contributed by atoms with E-state index in [2.05, 4.69) is 9.97 Å². The third kappa shape index (κ3) is 3.17. The van der Waals surface area contributed by atoms with E-state index >= 15 is 0 Å². The molecule has 1 heterocycles. The van der Waals surface area contributed by atoms with Crippen LogP contribution in [0.3, 0.4) is 0 Å². The number of aromatic nitrogens is 2. The molecule has 0 aromatic carbocycles. The van der Waals surface area contributed by atoms with E-state index in [9.17, 15) is 4.79 Å². The topological polar surface area (TPSA) is 98.1 Å². The molecule has 6 heteroatoms. The Morgan fingerprint density at radius 1 is 1.53 bits per heavy atom. The minimum absolute atomic E-state index is 0.154. The van der Waals surface area contributed by atoms with E-state index in [4.69, 9.17) is 11.5 Å². The molecule has 0 aliphatic rings. The van der Waals surface area contributed by atoms with Crippen LogP contribution in [0.1, 0.15) is 12.7 Å². The number of carbonyl (C=O) groups is 1. The summed E-state index contributed by atoms with van der Waals surface area (Å²) in [6, 6.07) is -0.710. The molecule has 0 saturated carbocycles. The quantitative estimate of drug-likeness (QED) is 0.733. The molecule has 15 heavy (non-hydrogen) atoms. The van der Waals surface area contributed by atoms with Crippen molar-refractivity contribution in [2.24, 2.45) is 11.5 Å². The molecule has 6 nitrogen and oxygen atoms in total. The summed E-state index contributed by atoms with van der Waals surface area (Å²) in [7, 11) is 0. The molecule has 82 valence electrons. The maximum absolute atomic E-state index is 11.2. The molecule has 1 aromatic heterocycles. The van der Waals surface area contributed by atoms with E-state index in [0.29, 0.717) is 18.1 Å². The third-order valence-electron chi connectivity index (χ3n) is 1.82. The molecule has 0 saturated heterocycles. The lowest BCUT2D eigenvalue weighted by molar-refractivity contribution is 0.253. The van der Waals surface area contributed by atoms with Crippen molar-refractivity contribution in [1.29, 1.82) is 0 Å². The van der Waals surface area contributed by atoms with Crippen molar-refractivity contribution < 1.29 is 4.79 Å². The molecule has 0 radical (unpaired) electrons. The van der Waals surface area contributed by atoms with Crippen LogP contribution >= 0.6 is 0 Å². The van der Waals surface area contributed by atoms with Gasteiger partial charge in [0.15, 0.2) is 0 Å². The lowest BCUT2D eigenvalue weighted by atomic mass is 10.3. The number of rotatable bonds is 3. The van der Waals surface area contributed by atoms with E-state index in [0.717, 1.165) is 0 Å². The predicted molar refractivity (Wildman–Crippen MR) is 57.3 cm³/mol. The Labute approximate surface area is 88.3 Å². The number of nitrogens with two attached hydrogens (primary N) is 2. The van der Waals surface area contributed by atoms with Gasteiger partial charge in [-0.15, -0.1) is 0 Å². The summed E-state index contributed by atoms with van der Waals surface area (Å²) >= 11 is 0. The van der Waals surface area contributed by atoms with Crippen molar-refractivity contribution in [3.05, 3.63) is 18.2 Å². The number of hydrogen-bond acceptors (Lipinski definition) is 4. The second-order valence-corrected chi connectivity index (χ2v) is 3.41. The van der Waals surface area contributed by atoms with Crippen LogP contribution in [0.4, 0.5) is 10.5 Å². The highest BCUT2D eigenvalue weighted by Crippen LogP contribution is 2.10. The number of nitrogens with zero attached hydrogens (tertiary/aromatic N) is 3. The van der Waals surface area contributed by atoms with E-state index in [1.807, 2.05) is 0 Å². The monoisotopic (exact) mass is 209 g/mol. The van der Waals surface area contributed by atoms with Gasteiger partial charge in [0.2, 0.25) is 0 Å². The molecule has 0 bridgehead atoms. The molecular weight excluding hydrogens is 194 g/mol. The number of anilines is 1. The fourth-order valence-electron chi connectivity index (χ4n) is 1.14. The van der Waals surface area contributed by atoms with Crippen LogP contribution in [-0.4, -0.2) is 28.6 Å². The average Bonchev–Trinajstić information content (AvgIpc) is 2.15. The van der Waals surface area contributed by atoms with Crippen LogP contribution in [0.2, 0.25) is 0 Å². The first-order valence-electron chi connectivity index (χ1n) is 4.62. The van der Waals surface area contributed by atoms with Crippen LogP contribution in [0, 0.1) is 6.92 Å². The van der Waals surface area contributed by atoms with E-state index in [-0.39, 0.29) is 6.04 Å². The van der Waals surface area contributed by atoms with Crippen LogP contribution in [-0.2, 0) is 0 Å². The maximum atomic E-state index is 11.2. The van der Waals surface area contributed by atoms with E-state index in [1.54, 1.807) is 26.2 Å². The van der Waals surface area contributed by atoms with Crippen molar-refractivity contribution in [2.75, 3.05) is 11.4 Å². The Balaban J connectivity index is 2.89. The standard InChI is InChI=1S/C9H15N5O/c1-6(10)5-14(9(11)15)8-3-12-7(2)13-4-8/h3-4,6H,5,10H2,1-2H3,(H2,11,15). The highest BCUT2D eigenvalue weighted by Gasteiger charge is 2.14. The van der Waals surface area contributed by atoms with Gasteiger partial charge < -0.3 is 11.5 Å². The summed E-state index contributed by atoms with van der Waals surface area (Å²) < 4.78 is 0. The Bertz CT molecular complexity index is 335. The first kappa shape index (κ1) is 11.4. The van der Waals surface area contributed by atoms with E-state index < -0.39 is 6.03 Å². The lowest BCUT2D eigenvalue weighted by Crippen LogP contribution is -2.43. The third-order valence-corrected chi connectivity index (χ3v) is 1.82. The molecule has 2 amide bonds. The zero-order valence-electron chi connectivity index (χ0n) is 8.84. The van der Waals surface area contributed by atoms with Gasteiger partial charge in [-0.05, 0) is 13.8 Å². The van der Waals surface area contributed by atoms with Crippen LogP contribution in [0.25, 0.3) is 0 Å². The molecular formula is C9H15N5O. The number of carbonyl (C=O) groups excluding carboxylic acids is 1. The number of primary amides is 1. The first-order valence-corrected chi connectivity index (χ1v) is 4.62. The molecule has 0 aliphatic heterocycles. The van der Waals surface area contributed by atoms with Gasteiger partial charge in [0.05, 0.1) is 18.1 Å². The highest BCUT2D eigenvalue weighted by atomic mass is 16.2. The lowest BCUT2D eigenvalue weighted by Gasteiger charge is -2.21. The fourth-order valence-corrected chi connectivity index (χ4v) is 1.14. The van der Waals surface area contributed by atoms with Crippen molar-refractivity contribution >= 4 is 11.7 Å². The van der Waals surface area contributed by atoms with Crippen LogP contribution in [0.15, 0.2) is 12.4 Å². The number of urea groups is 1. The average molecular weight is 209 g/mol. The zero-order chi connectivity index (χ0) is 11.4. The molecule has 1 rings (SSSR count). The zero-order valence-corrected chi connectivity index (χ0v) is 8.84. The van der Waals surface area contributed by atoms with Crippen molar-refractivity contribution in [3.63, 3.8) is 0 Å². The van der Waals surface area contributed by atoms with Crippen molar-refractivity contribution in [2.45, 2.75) is 19.9 Å². The predicted octanol–water partition coefficient (Wildman–Crippen LogP) is 0.0173. The van der Waals surface area contributed by atoms with Crippen molar-refractivity contribution in [1.82, 2.24) is 9.97 Å². The molecule has 1 atom stereocenters. The first-order chi connectivity index (χ1) is 7.00. The Morgan fingerprint density at radius 2 is 2.07 bits per heavy atom. The Morgan fingerprint density at radius 3 is 2.47 bits per heavy atom. The molecule has 4 N–H and O–H groups in total. The summed E-state index contributed by atoms with van der Waals surface area (Å²) in [4.78, 5) is 20.5. The van der Waals surface area contributed by atoms with Gasteiger partial charge in [0, 0.05) is 12.6 Å². The summed E-state index contributed by atoms with van der Waals surface area (Å²) in [5.41, 5.74) is 11.4. The number of hydrogen-bond donors (Lipinski definition) is 2. The minimum atomic E-state index is -0.556. The second-order valence-electron chi connectivity index (χ2n) is 3.41. The molecule has 0 aliphatic carbocycles. The normalized spacial score (nSPS) is 12.2. The number of aryl methyl sites for hydroxylation is 1. The van der Waals surface area contributed by atoms with Gasteiger partial charge in [-0.2, -0.15) is 0 Å². The van der Waals surface area contributed by atoms with E-state index in [1.165, 1.54) is 4.90 Å². The summed E-state index contributed by atoms with van der Waals surface area (Å²) in [6.07, 6.45) is 3.10. The van der Waals surface area contributed by atoms with Gasteiger partial charge >= 0.3 is 6.03 Å². The summed E-state index contributed by atoms with van der Waals surface area (Å²) in [6.45, 7) is 3.91. The minimum Gasteiger partial charge on any atom is -0.351 e. The molecule has 0 fully saturated rings. The SMILES string of the molecule is Cc1ncc(N(CC(C)N)C(N)=O)cn1. The molecule has 0 spiro atoms. The van der Waals surface area contributed by atoms with Gasteiger partial charge in [-0.1, -0.05) is 0 Å². The second kappa shape index (κ2) is 4.70. The highest BCUT2D eigenvalue weighted by molar-refractivity contribution is 5.90. The van der Waals surface area contributed by atoms with Crippen LogP contribution < -0.4 is 16.4 Å². The van der Waals surface area contributed by atoms with Crippen LogP contribution in [0.5, 0.6) is 0 Å². The maximum Gasteiger partial charge on any atom is 0.319 e. The molecule has 1 aromatic rings. The Kier molecular flexibility index (Phi) is 3.56. The summed E-state index contributed by atoms with van der Waals surface area (Å²) in [5, 5.41) is 0. The van der Waals surface area contributed by atoms with Gasteiger partial charge in [-0.25, -0.2) is 14.8 Å². The van der Waals surface area contributed by atoms with Gasteiger partial charge in [-0.3, -0.25) is 4.90 Å². The molecule has 1 unspecified atom stereocenters. The Hall–Kier alpha value is -1.69. The van der Waals surface area contributed by atoms with Gasteiger partial charge in [0.25, 0.3) is 0 Å². The largest absolute Gasteiger partial charge is 0.351 e.